The number of hydrogen-bond acceptors (Lipinski definition) is 5. The number of carboxylic acid groups (broad SMARTS) is 1. The number of nitrogens with zero attached hydrogens (tertiary/aromatic N) is 2. The van der Waals surface area contributed by atoms with Crippen LogP contribution >= 0.6 is 23.2 Å². The lowest BCUT2D eigenvalue weighted by atomic mass is 9.62. The summed E-state index contributed by atoms with van der Waals surface area (Å²) in [6.45, 7) is 5.83. The minimum absolute atomic E-state index is 0.00932. The van der Waals surface area contributed by atoms with E-state index >= 15 is 8.78 Å². The van der Waals surface area contributed by atoms with Gasteiger partial charge in [0.15, 0.2) is 0 Å². The van der Waals surface area contributed by atoms with Gasteiger partial charge < -0.3 is 15.7 Å². The lowest BCUT2D eigenvalue weighted by Crippen LogP contribution is -2.45. The zero-order valence-electron chi connectivity index (χ0n) is 22.5. The number of rotatable bonds is 7. The molecule has 1 amide bonds. The van der Waals surface area contributed by atoms with E-state index in [1.165, 1.54) is 48.7 Å². The summed E-state index contributed by atoms with van der Waals surface area (Å²) < 4.78 is 31.4. The van der Waals surface area contributed by atoms with Crippen molar-refractivity contribution in [3.63, 3.8) is 0 Å². The summed E-state index contributed by atoms with van der Waals surface area (Å²) >= 11 is 12.2. The van der Waals surface area contributed by atoms with E-state index in [1.807, 2.05) is 20.8 Å². The van der Waals surface area contributed by atoms with Crippen LogP contribution in [0.25, 0.3) is 0 Å². The van der Waals surface area contributed by atoms with Gasteiger partial charge in [-0.05, 0) is 47.2 Å². The van der Waals surface area contributed by atoms with Crippen LogP contribution in [-0.4, -0.2) is 34.1 Å². The number of nitriles is 1. The maximum atomic E-state index is 15.7. The van der Waals surface area contributed by atoms with Crippen molar-refractivity contribution in [2.45, 2.75) is 57.2 Å². The number of nitrogens with one attached hydrogen (secondary N) is 2. The van der Waals surface area contributed by atoms with E-state index < -0.39 is 46.9 Å². The van der Waals surface area contributed by atoms with Crippen LogP contribution < -0.4 is 10.6 Å². The summed E-state index contributed by atoms with van der Waals surface area (Å²) in [4.78, 5) is 28.8. The minimum atomic E-state index is -1.74. The van der Waals surface area contributed by atoms with Crippen molar-refractivity contribution in [3.05, 3.63) is 98.8 Å². The van der Waals surface area contributed by atoms with Gasteiger partial charge in [-0.25, -0.2) is 18.6 Å². The number of halogens is 4. The molecule has 3 N–H and O–H groups in total. The molecule has 41 heavy (non-hydrogen) atoms. The summed E-state index contributed by atoms with van der Waals surface area (Å²) in [5.41, 5.74) is -1.76. The van der Waals surface area contributed by atoms with Gasteiger partial charge in [0.2, 0.25) is 5.91 Å². The highest BCUT2D eigenvalue weighted by Gasteiger charge is 2.61. The lowest BCUT2D eigenvalue weighted by Gasteiger charge is -2.37. The number of pyridine rings is 1. The molecule has 0 radical (unpaired) electrons. The van der Waals surface area contributed by atoms with E-state index in [9.17, 15) is 14.9 Å². The Balaban J connectivity index is 1.85. The number of carboxylic acids is 1. The summed E-state index contributed by atoms with van der Waals surface area (Å²) in [6.07, 6.45) is 1.66. The van der Waals surface area contributed by atoms with Gasteiger partial charge in [0.05, 0.1) is 17.1 Å². The van der Waals surface area contributed by atoms with E-state index in [0.717, 1.165) is 6.07 Å². The van der Waals surface area contributed by atoms with Gasteiger partial charge in [-0.3, -0.25) is 4.79 Å². The van der Waals surface area contributed by atoms with Gasteiger partial charge in [-0.1, -0.05) is 68.2 Å². The third-order valence-corrected chi connectivity index (χ3v) is 7.77. The summed E-state index contributed by atoms with van der Waals surface area (Å²) in [5.74, 6) is -4.51. The molecule has 4 rings (SSSR count). The van der Waals surface area contributed by atoms with Crippen molar-refractivity contribution < 1.29 is 23.5 Å². The number of benzene rings is 2. The summed E-state index contributed by atoms with van der Waals surface area (Å²) in [5, 5.41) is 25.9. The average molecular weight is 601 g/mol. The topological polar surface area (TPSA) is 115 Å². The van der Waals surface area contributed by atoms with Crippen molar-refractivity contribution in [1.29, 1.82) is 5.26 Å². The molecule has 3 aromatic rings. The molecular weight excluding hydrogens is 573 g/mol. The molecule has 1 fully saturated rings. The summed E-state index contributed by atoms with van der Waals surface area (Å²) in [7, 11) is 0. The number of aromatic nitrogens is 1. The van der Waals surface area contributed by atoms with E-state index in [2.05, 4.69) is 21.7 Å². The Bertz CT molecular complexity index is 1520. The second-order valence-electron chi connectivity index (χ2n) is 11.3. The second-order valence-corrected chi connectivity index (χ2v) is 12.1. The first-order chi connectivity index (χ1) is 19.3. The van der Waals surface area contributed by atoms with Crippen LogP contribution in [0, 0.1) is 28.4 Å². The number of amides is 1. The zero-order valence-corrected chi connectivity index (χ0v) is 24.0. The molecule has 0 unspecified atom stereocenters. The molecule has 0 aliphatic carbocycles. The van der Waals surface area contributed by atoms with Crippen molar-refractivity contribution in [2.24, 2.45) is 5.41 Å². The van der Waals surface area contributed by atoms with Crippen LogP contribution in [-0.2, 0) is 16.8 Å². The molecule has 2 aromatic carbocycles. The molecule has 4 atom stereocenters. The first kappa shape index (κ1) is 30.4. The fourth-order valence-electron chi connectivity index (χ4n) is 5.51. The molecule has 214 valence electrons. The van der Waals surface area contributed by atoms with Crippen molar-refractivity contribution in [1.82, 2.24) is 15.6 Å². The standard InChI is InChI=1S/C30H28Cl2F2N4O3/c1-29(2,3)12-23-30(15-35,19-9-8-17(31)11-21(19)33)24(18-5-4-6-20(32)25(18)34)26(38-23)27(39)37-14-16-7-10-22(28(40)41)36-13-16/h4-11,13,23-24,26,38H,12,14H2,1-3H3,(H,37,39)(H,40,41)/t23-,24-,26+,30-/m0/s1. The highest BCUT2D eigenvalue weighted by molar-refractivity contribution is 6.31. The molecule has 1 aliphatic rings. The summed E-state index contributed by atoms with van der Waals surface area (Å²) in [6, 6.07) is 11.4. The van der Waals surface area contributed by atoms with Gasteiger partial charge in [-0.15, -0.1) is 0 Å². The van der Waals surface area contributed by atoms with Crippen molar-refractivity contribution in [2.75, 3.05) is 0 Å². The largest absolute Gasteiger partial charge is 0.477 e. The fraction of sp³-hybridized carbons (Fsp3) is 0.333. The highest BCUT2D eigenvalue weighted by atomic mass is 35.5. The molecular formula is C30H28Cl2F2N4O3. The average Bonchev–Trinajstić information content (AvgIpc) is 3.22. The van der Waals surface area contributed by atoms with Crippen molar-refractivity contribution >= 4 is 35.1 Å². The molecule has 1 aromatic heterocycles. The van der Waals surface area contributed by atoms with E-state index in [4.69, 9.17) is 28.3 Å². The Hall–Kier alpha value is -3.58. The van der Waals surface area contributed by atoms with Gasteiger partial charge in [0.1, 0.15) is 22.7 Å². The normalized spacial score (nSPS) is 22.2. The number of hydrogen-bond donors (Lipinski definition) is 3. The molecule has 2 heterocycles. The first-order valence-electron chi connectivity index (χ1n) is 12.8. The van der Waals surface area contributed by atoms with Gasteiger partial charge in [0, 0.05) is 35.3 Å². The third kappa shape index (κ3) is 6.05. The zero-order chi connectivity index (χ0) is 30.1. The van der Waals surface area contributed by atoms with E-state index in [0.29, 0.717) is 12.0 Å². The van der Waals surface area contributed by atoms with Crippen LogP contribution in [0.1, 0.15) is 60.3 Å². The second kappa shape index (κ2) is 11.7. The van der Waals surface area contributed by atoms with Gasteiger partial charge in [0.25, 0.3) is 0 Å². The van der Waals surface area contributed by atoms with E-state index in [-0.39, 0.29) is 38.8 Å². The number of aromatic carboxylic acids is 1. The fourth-order valence-corrected chi connectivity index (χ4v) is 5.85. The number of carbonyl (C=O) groups excluding carboxylic acids is 1. The molecule has 0 spiro atoms. The Labute approximate surface area is 246 Å². The quantitative estimate of drug-likeness (QED) is 0.306. The smallest absolute Gasteiger partial charge is 0.354 e. The lowest BCUT2D eigenvalue weighted by molar-refractivity contribution is -0.123. The Morgan fingerprint density at radius 1 is 1.17 bits per heavy atom. The maximum Gasteiger partial charge on any atom is 0.354 e. The molecule has 11 heteroatoms. The Morgan fingerprint density at radius 2 is 1.90 bits per heavy atom. The van der Waals surface area contributed by atoms with Crippen LogP contribution in [0.15, 0.2) is 54.7 Å². The minimum Gasteiger partial charge on any atom is -0.477 e. The monoisotopic (exact) mass is 600 g/mol. The van der Waals surface area contributed by atoms with Gasteiger partial charge in [-0.2, -0.15) is 5.26 Å². The molecule has 1 saturated heterocycles. The van der Waals surface area contributed by atoms with Crippen LogP contribution in [0.3, 0.4) is 0 Å². The SMILES string of the molecule is CC(C)(C)C[C@@H]1N[C@@H](C(=O)NCc2ccc(C(=O)O)nc2)[C@H](c2cccc(Cl)c2F)[C@@]1(C#N)c1ccc(Cl)cc1F. The predicted octanol–water partition coefficient (Wildman–Crippen LogP) is 6.00. The Kier molecular flexibility index (Phi) is 8.69. The van der Waals surface area contributed by atoms with Crippen LogP contribution in [0.2, 0.25) is 10.0 Å². The molecule has 1 aliphatic heterocycles. The van der Waals surface area contributed by atoms with E-state index in [1.54, 1.807) is 0 Å². The maximum absolute atomic E-state index is 15.7. The van der Waals surface area contributed by atoms with Crippen LogP contribution in [0.5, 0.6) is 0 Å². The first-order valence-corrected chi connectivity index (χ1v) is 13.6. The highest BCUT2D eigenvalue weighted by Crippen LogP contribution is 2.52. The van der Waals surface area contributed by atoms with Crippen molar-refractivity contribution in [3.8, 4) is 6.07 Å². The van der Waals surface area contributed by atoms with Gasteiger partial charge >= 0.3 is 5.97 Å². The molecule has 0 bridgehead atoms. The predicted molar refractivity (Wildman–Crippen MR) is 151 cm³/mol. The molecule has 7 nitrogen and oxygen atoms in total. The third-order valence-electron chi connectivity index (χ3n) is 7.24. The molecule has 0 saturated carbocycles. The number of carbonyl (C=O) groups is 2. The van der Waals surface area contributed by atoms with Crippen LogP contribution in [0.4, 0.5) is 8.78 Å². The Morgan fingerprint density at radius 3 is 2.49 bits per heavy atom.